The molecule has 0 radical (unpaired) electrons. The summed E-state index contributed by atoms with van der Waals surface area (Å²) in [4.78, 5) is 17.2. The minimum absolute atomic E-state index is 0.117. The predicted molar refractivity (Wildman–Crippen MR) is 56.0 cm³/mol. The molecule has 1 aromatic rings. The van der Waals surface area contributed by atoms with E-state index in [-0.39, 0.29) is 11.4 Å². The van der Waals surface area contributed by atoms with E-state index >= 15 is 0 Å². The SMILES string of the molecule is CN(C)/C=C(\C#N)C(=O)c1ccncc1. The highest BCUT2D eigenvalue weighted by molar-refractivity contribution is 6.11. The van der Waals surface area contributed by atoms with Gasteiger partial charge in [-0.25, -0.2) is 0 Å². The number of pyridine rings is 1. The fourth-order valence-electron chi connectivity index (χ4n) is 1.06. The molecule has 15 heavy (non-hydrogen) atoms. The lowest BCUT2D eigenvalue weighted by molar-refractivity contribution is 0.103. The third-order valence-corrected chi connectivity index (χ3v) is 1.69. The van der Waals surface area contributed by atoms with E-state index in [1.165, 1.54) is 18.6 Å². The van der Waals surface area contributed by atoms with E-state index in [4.69, 9.17) is 5.26 Å². The lowest BCUT2D eigenvalue weighted by Gasteiger charge is -2.05. The van der Waals surface area contributed by atoms with Crippen molar-refractivity contribution >= 4 is 5.78 Å². The molecule has 0 atom stereocenters. The third-order valence-electron chi connectivity index (χ3n) is 1.69. The zero-order chi connectivity index (χ0) is 11.3. The predicted octanol–water partition coefficient (Wildman–Crippen LogP) is 1.23. The molecule has 1 heterocycles. The van der Waals surface area contributed by atoms with Gasteiger partial charge in [0.2, 0.25) is 5.78 Å². The summed E-state index contributed by atoms with van der Waals surface area (Å²) in [6, 6.07) is 5.05. The molecule has 0 aliphatic rings. The van der Waals surface area contributed by atoms with Crippen molar-refractivity contribution in [1.82, 2.24) is 9.88 Å². The maximum atomic E-state index is 11.8. The van der Waals surface area contributed by atoms with Gasteiger partial charge in [0.15, 0.2) is 0 Å². The molecule has 4 heteroatoms. The van der Waals surface area contributed by atoms with E-state index in [1.807, 2.05) is 6.07 Å². The molecular weight excluding hydrogens is 190 g/mol. The van der Waals surface area contributed by atoms with Gasteiger partial charge in [0, 0.05) is 38.3 Å². The number of nitrogens with zero attached hydrogens (tertiary/aromatic N) is 3. The maximum absolute atomic E-state index is 11.8. The topological polar surface area (TPSA) is 57.0 Å². The van der Waals surface area contributed by atoms with Gasteiger partial charge in [-0.1, -0.05) is 0 Å². The van der Waals surface area contributed by atoms with Gasteiger partial charge in [0.1, 0.15) is 11.6 Å². The van der Waals surface area contributed by atoms with Crippen LogP contribution in [0.2, 0.25) is 0 Å². The number of carbonyl (C=O) groups is 1. The van der Waals surface area contributed by atoms with Crippen LogP contribution in [0.25, 0.3) is 0 Å². The molecular formula is C11H11N3O. The Labute approximate surface area is 88.5 Å². The minimum atomic E-state index is -0.284. The van der Waals surface area contributed by atoms with Crippen LogP contribution in [0.3, 0.4) is 0 Å². The highest BCUT2D eigenvalue weighted by Gasteiger charge is 2.11. The first-order valence-corrected chi connectivity index (χ1v) is 4.38. The van der Waals surface area contributed by atoms with Crippen LogP contribution in [-0.4, -0.2) is 29.8 Å². The van der Waals surface area contributed by atoms with Crippen LogP contribution in [0.4, 0.5) is 0 Å². The third kappa shape index (κ3) is 2.92. The Morgan fingerprint density at radius 1 is 1.47 bits per heavy atom. The molecule has 1 aromatic heterocycles. The molecule has 1 rings (SSSR count). The number of nitriles is 1. The molecule has 0 saturated heterocycles. The molecule has 0 saturated carbocycles. The Hall–Kier alpha value is -2.15. The molecule has 0 spiro atoms. The summed E-state index contributed by atoms with van der Waals surface area (Å²) in [6.07, 6.45) is 4.55. The van der Waals surface area contributed by atoms with Gasteiger partial charge in [-0.05, 0) is 12.1 Å². The molecule has 4 nitrogen and oxygen atoms in total. The van der Waals surface area contributed by atoms with Crippen molar-refractivity contribution < 1.29 is 4.79 Å². The van der Waals surface area contributed by atoms with Crippen LogP contribution in [-0.2, 0) is 0 Å². The van der Waals surface area contributed by atoms with Crippen LogP contribution in [0.5, 0.6) is 0 Å². The highest BCUT2D eigenvalue weighted by atomic mass is 16.1. The second-order valence-electron chi connectivity index (χ2n) is 3.18. The minimum Gasteiger partial charge on any atom is -0.382 e. The zero-order valence-electron chi connectivity index (χ0n) is 8.64. The molecule has 0 amide bonds. The second kappa shape index (κ2) is 4.91. The van der Waals surface area contributed by atoms with E-state index < -0.39 is 0 Å². The summed E-state index contributed by atoms with van der Waals surface area (Å²) >= 11 is 0. The van der Waals surface area contributed by atoms with E-state index in [1.54, 1.807) is 31.1 Å². The molecule has 0 aliphatic carbocycles. The lowest BCUT2D eigenvalue weighted by atomic mass is 10.1. The number of carbonyl (C=O) groups excluding carboxylic acids is 1. The summed E-state index contributed by atoms with van der Waals surface area (Å²) in [7, 11) is 3.52. The summed E-state index contributed by atoms with van der Waals surface area (Å²) < 4.78 is 0. The normalized spacial score (nSPS) is 10.6. The Balaban J connectivity index is 3.00. The van der Waals surface area contributed by atoms with Crippen molar-refractivity contribution in [2.75, 3.05) is 14.1 Å². The Bertz CT molecular complexity index is 415. The van der Waals surface area contributed by atoms with Gasteiger partial charge in [0.05, 0.1) is 0 Å². The van der Waals surface area contributed by atoms with Crippen molar-refractivity contribution in [2.45, 2.75) is 0 Å². The van der Waals surface area contributed by atoms with Gasteiger partial charge >= 0.3 is 0 Å². The molecule has 0 aromatic carbocycles. The van der Waals surface area contributed by atoms with Crippen molar-refractivity contribution in [3.8, 4) is 6.07 Å². The van der Waals surface area contributed by atoms with Gasteiger partial charge in [-0.15, -0.1) is 0 Å². The number of allylic oxidation sites excluding steroid dienone is 1. The Morgan fingerprint density at radius 3 is 2.53 bits per heavy atom. The van der Waals surface area contributed by atoms with Crippen LogP contribution in [0.1, 0.15) is 10.4 Å². The van der Waals surface area contributed by atoms with E-state index in [0.29, 0.717) is 5.56 Å². The number of Topliss-reactive ketones (excluding diaryl/α,β-unsaturated/α-hetero) is 1. The summed E-state index contributed by atoms with van der Waals surface area (Å²) in [5, 5.41) is 8.83. The standard InChI is InChI=1S/C11H11N3O/c1-14(2)8-10(7-12)11(15)9-3-5-13-6-4-9/h3-6,8H,1-2H3/b10-8+. The number of hydrogen-bond acceptors (Lipinski definition) is 4. The first kappa shape index (κ1) is 10.9. The van der Waals surface area contributed by atoms with E-state index in [9.17, 15) is 4.79 Å². The maximum Gasteiger partial charge on any atom is 0.205 e. The van der Waals surface area contributed by atoms with Crippen LogP contribution >= 0.6 is 0 Å². The van der Waals surface area contributed by atoms with Crippen molar-refractivity contribution in [3.63, 3.8) is 0 Å². The summed E-state index contributed by atoms with van der Waals surface area (Å²) in [5.41, 5.74) is 0.589. The molecule has 76 valence electrons. The lowest BCUT2D eigenvalue weighted by Crippen LogP contribution is -2.08. The fourth-order valence-corrected chi connectivity index (χ4v) is 1.06. The first-order valence-electron chi connectivity index (χ1n) is 4.38. The van der Waals surface area contributed by atoms with Gasteiger partial charge in [0.25, 0.3) is 0 Å². The Morgan fingerprint density at radius 2 is 2.07 bits per heavy atom. The Kier molecular flexibility index (Phi) is 3.58. The van der Waals surface area contributed by atoms with Crippen molar-refractivity contribution in [3.05, 3.63) is 41.9 Å². The van der Waals surface area contributed by atoms with E-state index in [0.717, 1.165) is 0 Å². The monoisotopic (exact) mass is 201 g/mol. The number of aromatic nitrogens is 1. The number of rotatable bonds is 3. The van der Waals surface area contributed by atoms with Crippen LogP contribution < -0.4 is 0 Å². The van der Waals surface area contributed by atoms with Gasteiger partial charge < -0.3 is 4.90 Å². The number of ketones is 1. The average Bonchev–Trinajstić information content (AvgIpc) is 2.26. The van der Waals surface area contributed by atoms with Crippen molar-refractivity contribution in [1.29, 1.82) is 5.26 Å². The smallest absolute Gasteiger partial charge is 0.205 e. The highest BCUT2D eigenvalue weighted by Crippen LogP contribution is 2.06. The van der Waals surface area contributed by atoms with Crippen LogP contribution in [0, 0.1) is 11.3 Å². The number of hydrogen-bond donors (Lipinski definition) is 0. The van der Waals surface area contributed by atoms with Crippen LogP contribution in [0.15, 0.2) is 36.3 Å². The average molecular weight is 201 g/mol. The largest absolute Gasteiger partial charge is 0.382 e. The molecule has 0 fully saturated rings. The summed E-state index contributed by atoms with van der Waals surface area (Å²) in [6.45, 7) is 0. The first-order chi connectivity index (χ1) is 7.15. The second-order valence-corrected chi connectivity index (χ2v) is 3.18. The fraction of sp³-hybridized carbons (Fsp3) is 0.182. The molecule has 0 N–H and O–H groups in total. The van der Waals surface area contributed by atoms with Gasteiger partial charge in [-0.3, -0.25) is 9.78 Å². The molecule has 0 aliphatic heterocycles. The summed E-state index contributed by atoms with van der Waals surface area (Å²) in [5.74, 6) is -0.284. The molecule has 0 bridgehead atoms. The quantitative estimate of drug-likeness (QED) is 0.419. The van der Waals surface area contributed by atoms with Crippen molar-refractivity contribution in [2.24, 2.45) is 0 Å². The van der Waals surface area contributed by atoms with E-state index in [2.05, 4.69) is 4.98 Å². The molecule has 0 unspecified atom stereocenters. The zero-order valence-corrected chi connectivity index (χ0v) is 8.64. The van der Waals surface area contributed by atoms with Gasteiger partial charge in [-0.2, -0.15) is 5.26 Å².